The molecule has 2 N–H and O–H groups in total. The molecule has 1 aromatic carbocycles. The highest BCUT2D eigenvalue weighted by Crippen LogP contribution is 2.31. The Morgan fingerprint density at radius 3 is 2.71 bits per heavy atom. The molecule has 1 aliphatic rings. The van der Waals surface area contributed by atoms with Crippen LogP contribution in [0.2, 0.25) is 0 Å². The second-order valence-corrected chi connectivity index (χ2v) is 7.16. The van der Waals surface area contributed by atoms with Gasteiger partial charge in [0.1, 0.15) is 6.61 Å². The lowest BCUT2D eigenvalue weighted by atomic mass is 9.90. The van der Waals surface area contributed by atoms with Crippen molar-refractivity contribution >= 4 is 5.91 Å². The number of carbonyl (C=O) groups excluding carboxylic acids is 1. The average Bonchev–Trinajstić information content (AvgIpc) is 2.73. The second kappa shape index (κ2) is 9.55. The SMILES string of the molecule is CCOc1cc(C(=O)N2CCC[C@@H](C)[C@H]2CN)ccc1OCc1ccncc1. The van der Waals surface area contributed by atoms with Gasteiger partial charge in [-0.15, -0.1) is 0 Å². The van der Waals surface area contributed by atoms with Crippen LogP contribution < -0.4 is 15.2 Å². The van der Waals surface area contributed by atoms with Gasteiger partial charge in [0.15, 0.2) is 11.5 Å². The number of hydrogen-bond donors (Lipinski definition) is 1. The van der Waals surface area contributed by atoms with E-state index in [0.29, 0.717) is 42.7 Å². The summed E-state index contributed by atoms with van der Waals surface area (Å²) in [6.45, 7) is 6.22. The van der Waals surface area contributed by atoms with Crippen LogP contribution >= 0.6 is 0 Å². The summed E-state index contributed by atoms with van der Waals surface area (Å²) in [6.07, 6.45) is 5.58. The molecule has 2 heterocycles. The third-order valence-electron chi connectivity index (χ3n) is 5.25. The van der Waals surface area contributed by atoms with Crippen LogP contribution in [0.1, 0.15) is 42.6 Å². The molecule has 6 heteroatoms. The number of hydrogen-bond acceptors (Lipinski definition) is 5. The first-order valence-electron chi connectivity index (χ1n) is 9.93. The van der Waals surface area contributed by atoms with Crippen LogP contribution in [0.25, 0.3) is 0 Å². The number of nitrogens with two attached hydrogens (primary N) is 1. The molecule has 1 amide bonds. The molecule has 0 radical (unpaired) electrons. The molecule has 150 valence electrons. The Morgan fingerprint density at radius 1 is 1.21 bits per heavy atom. The number of benzene rings is 1. The second-order valence-electron chi connectivity index (χ2n) is 7.16. The quantitative estimate of drug-likeness (QED) is 0.794. The zero-order chi connectivity index (χ0) is 19.9. The molecular weight excluding hydrogens is 354 g/mol. The molecule has 1 aliphatic heterocycles. The van der Waals surface area contributed by atoms with E-state index in [0.717, 1.165) is 24.9 Å². The number of piperidine rings is 1. The van der Waals surface area contributed by atoms with Crippen molar-refractivity contribution in [1.82, 2.24) is 9.88 Å². The summed E-state index contributed by atoms with van der Waals surface area (Å²) in [5.74, 6) is 1.62. The van der Waals surface area contributed by atoms with Gasteiger partial charge in [0.2, 0.25) is 0 Å². The lowest BCUT2D eigenvalue weighted by molar-refractivity contribution is 0.0532. The molecule has 1 aromatic heterocycles. The largest absolute Gasteiger partial charge is 0.490 e. The van der Waals surface area contributed by atoms with E-state index < -0.39 is 0 Å². The van der Waals surface area contributed by atoms with Gasteiger partial charge in [-0.3, -0.25) is 9.78 Å². The molecular formula is C22H29N3O3. The normalized spacial score (nSPS) is 19.3. The van der Waals surface area contributed by atoms with E-state index >= 15 is 0 Å². The van der Waals surface area contributed by atoms with Crippen molar-refractivity contribution in [2.45, 2.75) is 39.3 Å². The molecule has 1 saturated heterocycles. The van der Waals surface area contributed by atoms with Gasteiger partial charge in [-0.1, -0.05) is 6.92 Å². The maximum Gasteiger partial charge on any atom is 0.254 e. The van der Waals surface area contributed by atoms with Crippen molar-refractivity contribution in [3.05, 3.63) is 53.9 Å². The van der Waals surface area contributed by atoms with Crippen LogP contribution in [0.5, 0.6) is 11.5 Å². The van der Waals surface area contributed by atoms with Crippen molar-refractivity contribution in [3.63, 3.8) is 0 Å². The van der Waals surface area contributed by atoms with Crippen LogP contribution in [0.4, 0.5) is 0 Å². The predicted octanol–water partition coefficient (Wildman–Crippen LogP) is 3.26. The fourth-order valence-electron chi connectivity index (χ4n) is 3.70. The maximum atomic E-state index is 13.1. The van der Waals surface area contributed by atoms with E-state index in [-0.39, 0.29) is 11.9 Å². The minimum Gasteiger partial charge on any atom is -0.490 e. The number of pyridine rings is 1. The number of nitrogens with zero attached hydrogens (tertiary/aromatic N) is 2. The lowest BCUT2D eigenvalue weighted by Gasteiger charge is -2.39. The zero-order valence-electron chi connectivity index (χ0n) is 16.6. The number of rotatable bonds is 7. The fraction of sp³-hybridized carbons (Fsp3) is 0.455. The van der Waals surface area contributed by atoms with E-state index in [2.05, 4.69) is 11.9 Å². The lowest BCUT2D eigenvalue weighted by Crippen LogP contribution is -2.51. The summed E-state index contributed by atoms with van der Waals surface area (Å²) in [6, 6.07) is 9.29. The Labute approximate surface area is 166 Å². The van der Waals surface area contributed by atoms with Gasteiger partial charge in [-0.2, -0.15) is 0 Å². The molecule has 0 unspecified atom stereocenters. The van der Waals surface area contributed by atoms with Crippen molar-refractivity contribution < 1.29 is 14.3 Å². The van der Waals surface area contributed by atoms with Crippen molar-refractivity contribution in [3.8, 4) is 11.5 Å². The summed E-state index contributed by atoms with van der Waals surface area (Å²) >= 11 is 0. The first kappa shape index (κ1) is 20.1. The van der Waals surface area contributed by atoms with Crippen LogP contribution in [-0.2, 0) is 6.61 Å². The molecule has 2 aromatic rings. The number of amides is 1. The maximum absolute atomic E-state index is 13.1. The molecule has 0 spiro atoms. The highest BCUT2D eigenvalue weighted by atomic mass is 16.5. The van der Waals surface area contributed by atoms with Gasteiger partial charge in [-0.05, 0) is 61.6 Å². The Balaban J connectivity index is 1.78. The Hall–Kier alpha value is -2.60. The third kappa shape index (κ3) is 4.62. The fourth-order valence-corrected chi connectivity index (χ4v) is 3.70. The highest BCUT2D eigenvalue weighted by molar-refractivity contribution is 5.95. The van der Waals surface area contributed by atoms with Gasteiger partial charge in [-0.25, -0.2) is 0 Å². The van der Waals surface area contributed by atoms with Crippen LogP contribution in [-0.4, -0.2) is 41.5 Å². The van der Waals surface area contributed by atoms with Gasteiger partial charge in [0.05, 0.1) is 6.61 Å². The molecule has 0 saturated carbocycles. The van der Waals surface area contributed by atoms with Crippen molar-refractivity contribution in [2.24, 2.45) is 11.7 Å². The molecule has 1 fully saturated rings. The van der Waals surface area contributed by atoms with Gasteiger partial charge >= 0.3 is 0 Å². The number of likely N-dealkylation sites (tertiary alicyclic amines) is 1. The predicted molar refractivity (Wildman–Crippen MR) is 108 cm³/mol. The number of ether oxygens (including phenoxy) is 2. The summed E-state index contributed by atoms with van der Waals surface area (Å²) in [5.41, 5.74) is 7.58. The average molecular weight is 383 g/mol. The molecule has 3 rings (SSSR count). The Kier molecular flexibility index (Phi) is 6.87. The minimum absolute atomic E-state index is 0.00337. The standard InChI is InChI=1S/C22H29N3O3/c1-3-27-21-13-18(22(26)25-12-4-5-16(2)19(25)14-23)6-7-20(21)28-15-17-8-10-24-11-9-17/h6-11,13,16,19H,3-5,12,14-15,23H2,1-2H3/t16-,19-/m1/s1. The van der Waals surface area contributed by atoms with Crippen LogP contribution in [0.3, 0.4) is 0 Å². The van der Waals surface area contributed by atoms with E-state index in [4.69, 9.17) is 15.2 Å². The van der Waals surface area contributed by atoms with Gasteiger partial charge in [0, 0.05) is 37.1 Å². The number of carbonyl (C=O) groups is 1. The van der Waals surface area contributed by atoms with Crippen LogP contribution in [0, 0.1) is 5.92 Å². The third-order valence-corrected chi connectivity index (χ3v) is 5.25. The molecule has 0 aliphatic carbocycles. The summed E-state index contributed by atoms with van der Waals surface area (Å²) < 4.78 is 11.7. The molecule has 2 atom stereocenters. The first-order chi connectivity index (χ1) is 13.6. The summed E-state index contributed by atoms with van der Waals surface area (Å²) in [7, 11) is 0. The van der Waals surface area contributed by atoms with E-state index in [1.807, 2.05) is 30.0 Å². The summed E-state index contributed by atoms with van der Waals surface area (Å²) in [4.78, 5) is 19.1. The van der Waals surface area contributed by atoms with E-state index in [1.165, 1.54) is 0 Å². The Bertz CT molecular complexity index is 782. The number of aromatic nitrogens is 1. The monoisotopic (exact) mass is 383 g/mol. The zero-order valence-corrected chi connectivity index (χ0v) is 16.6. The van der Waals surface area contributed by atoms with Gasteiger partial charge in [0.25, 0.3) is 5.91 Å². The first-order valence-corrected chi connectivity index (χ1v) is 9.93. The molecule has 6 nitrogen and oxygen atoms in total. The van der Waals surface area contributed by atoms with E-state index in [1.54, 1.807) is 24.5 Å². The van der Waals surface area contributed by atoms with Crippen LogP contribution in [0.15, 0.2) is 42.7 Å². The Morgan fingerprint density at radius 2 is 2.00 bits per heavy atom. The topological polar surface area (TPSA) is 77.7 Å². The summed E-state index contributed by atoms with van der Waals surface area (Å²) in [5, 5.41) is 0. The minimum atomic E-state index is 0.00337. The smallest absolute Gasteiger partial charge is 0.254 e. The van der Waals surface area contributed by atoms with E-state index in [9.17, 15) is 4.79 Å². The van der Waals surface area contributed by atoms with Crippen molar-refractivity contribution in [1.29, 1.82) is 0 Å². The molecule has 0 bridgehead atoms. The molecule has 28 heavy (non-hydrogen) atoms. The highest BCUT2D eigenvalue weighted by Gasteiger charge is 2.31. The van der Waals surface area contributed by atoms with Crippen molar-refractivity contribution in [2.75, 3.05) is 19.7 Å². The van der Waals surface area contributed by atoms with Gasteiger partial charge < -0.3 is 20.1 Å².